The number of nitrogens with one attached hydrogen (secondary N) is 1. The van der Waals surface area contributed by atoms with E-state index in [0.717, 1.165) is 37.3 Å². The van der Waals surface area contributed by atoms with Crippen molar-refractivity contribution in [2.24, 2.45) is 5.10 Å². The van der Waals surface area contributed by atoms with Crippen molar-refractivity contribution in [3.63, 3.8) is 0 Å². The van der Waals surface area contributed by atoms with Crippen molar-refractivity contribution in [1.82, 2.24) is 5.43 Å². The van der Waals surface area contributed by atoms with Gasteiger partial charge in [-0.05, 0) is 66.3 Å². The third-order valence-electron chi connectivity index (χ3n) is 6.14. The number of benzene rings is 5. The molecule has 1 amide bonds. The fourth-order valence-electron chi connectivity index (χ4n) is 4.36. The second kappa shape index (κ2) is 11.3. The molecule has 0 aliphatic heterocycles. The molecule has 0 aromatic heterocycles. The Hall–Kier alpha value is -4.16. The van der Waals surface area contributed by atoms with Crippen LogP contribution in [0.1, 0.15) is 16.7 Å². The number of amides is 1. The summed E-state index contributed by atoms with van der Waals surface area (Å²) in [6.45, 7) is 0.397. The van der Waals surface area contributed by atoms with Crippen molar-refractivity contribution in [2.45, 2.75) is 13.0 Å². The molecule has 0 fully saturated rings. The number of carbonyl (C=O) groups is 1. The smallest absolute Gasteiger partial charge is 0.244 e. The van der Waals surface area contributed by atoms with Crippen LogP contribution in [0.5, 0.6) is 11.5 Å². The van der Waals surface area contributed by atoms with Gasteiger partial charge in [-0.3, -0.25) is 4.79 Å². The van der Waals surface area contributed by atoms with Gasteiger partial charge in [0, 0.05) is 0 Å². The lowest BCUT2D eigenvalue weighted by Gasteiger charge is -2.14. The van der Waals surface area contributed by atoms with Crippen LogP contribution in [0.15, 0.2) is 107 Å². The van der Waals surface area contributed by atoms with Gasteiger partial charge in [0.05, 0.1) is 24.2 Å². The molecule has 0 aliphatic rings. The van der Waals surface area contributed by atoms with Crippen LogP contribution >= 0.6 is 15.9 Å². The standard InChI is InChI=1S/C31H25BrN2O3/c1-36-29-17-21(19-33-34-30(35)18-24-12-6-10-22-8-2-4-14-26(22)24)16-28(32)31(29)37-20-25-13-7-11-23-9-3-5-15-27(23)25/h2-17,19H,18,20H2,1H3,(H,34,35)/b33-19-. The molecule has 37 heavy (non-hydrogen) atoms. The maximum absolute atomic E-state index is 12.5. The van der Waals surface area contributed by atoms with Crippen LogP contribution in [0.25, 0.3) is 21.5 Å². The summed E-state index contributed by atoms with van der Waals surface area (Å²) in [5, 5.41) is 8.65. The Bertz CT molecular complexity index is 1600. The largest absolute Gasteiger partial charge is 0.493 e. The molecule has 0 aliphatic carbocycles. The van der Waals surface area contributed by atoms with Gasteiger partial charge in [0.1, 0.15) is 6.61 Å². The van der Waals surface area contributed by atoms with Gasteiger partial charge in [-0.2, -0.15) is 5.10 Å². The fourth-order valence-corrected chi connectivity index (χ4v) is 4.93. The van der Waals surface area contributed by atoms with Crippen molar-refractivity contribution in [3.8, 4) is 11.5 Å². The Labute approximate surface area is 223 Å². The summed E-state index contributed by atoms with van der Waals surface area (Å²) >= 11 is 3.60. The predicted octanol–water partition coefficient (Wildman–Crippen LogP) is 7.04. The SMILES string of the molecule is COc1cc(/C=N\NC(=O)Cc2cccc3ccccc23)cc(Br)c1OCc1cccc2ccccc12. The summed E-state index contributed by atoms with van der Waals surface area (Å²) in [7, 11) is 1.60. The Morgan fingerprint density at radius 2 is 1.49 bits per heavy atom. The van der Waals surface area contributed by atoms with Crippen LogP contribution in [0.3, 0.4) is 0 Å². The zero-order valence-electron chi connectivity index (χ0n) is 20.3. The first-order valence-electron chi connectivity index (χ1n) is 11.9. The molecule has 0 unspecified atom stereocenters. The number of ether oxygens (including phenoxy) is 2. The van der Waals surface area contributed by atoms with E-state index in [1.807, 2.05) is 72.8 Å². The minimum absolute atomic E-state index is 0.186. The van der Waals surface area contributed by atoms with Gasteiger partial charge in [-0.1, -0.05) is 84.9 Å². The topological polar surface area (TPSA) is 59.9 Å². The summed E-state index contributed by atoms with van der Waals surface area (Å²) in [5.41, 5.74) is 5.43. The number of hydrogen-bond acceptors (Lipinski definition) is 4. The Morgan fingerprint density at radius 3 is 2.19 bits per heavy atom. The molecule has 0 radical (unpaired) electrons. The van der Waals surface area contributed by atoms with Crippen molar-refractivity contribution in [1.29, 1.82) is 0 Å². The van der Waals surface area contributed by atoms with Gasteiger partial charge in [0.25, 0.3) is 0 Å². The summed E-state index contributed by atoms with van der Waals surface area (Å²) in [5.74, 6) is 0.986. The lowest BCUT2D eigenvalue weighted by molar-refractivity contribution is -0.120. The Kier molecular flexibility index (Phi) is 7.47. The van der Waals surface area contributed by atoms with Crippen LogP contribution in [0.4, 0.5) is 0 Å². The second-order valence-electron chi connectivity index (χ2n) is 8.57. The molecular formula is C31H25BrN2O3. The third kappa shape index (κ3) is 5.65. The number of carbonyl (C=O) groups excluding carboxylic acids is 1. The number of nitrogens with zero attached hydrogens (tertiary/aromatic N) is 1. The third-order valence-corrected chi connectivity index (χ3v) is 6.73. The summed E-state index contributed by atoms with van der Waals surface area (Å²) in [6.07, 6.45) is 1.83. The van der Waals surface area contributed by atoms with E-state index in [1.165, 1.54) is 5.39 Å². The number of fused-ring (bicyclic) bond motifs is 2. The summed E-state index contributed by atoms with van der Waals surface area (Å²) in [4.78, 5) is 12.5. The average molecular weight is 553 g/mol. The molecule has 5 rings (SSSR count). The van der Waals surface area contributed by atoms with Gasteiger partial charge in [-0.25, -0.2) is 5.43 Å². The zero-order chi connectivity index (χ0) is 25.6. The van der Waals surface area contributed by atoms with Crippen LogP contribution in [0, 0.1) is 0 Å². The number of hydrazone groups is 1. The van der Waals surface area contributed by atoms with Gasteiger partial charge in [0.15, 0.2) is 11.5 Å². The summed E-state index contributed by atoms with van der Waals surface area (Å²) < 4.78 is 12.5. The van der Waals surface area contributed by atoms with E-state index in [2.05, 4.69) is 50.7 Å². The molecular weight excluding hydrogens is 528 g/mol. The number of methoxy groups -OCH3 is 1. The number of rotatable bonds is 8. The van der Waals surface area contributed by atoms with E-state index in [1.54, 1.807) is 13.3 Å². The molecule has 5 nitrogen and oxygen atoms in total. The monoisotopic (exact) mass is 552 g/mol. The van der Waals surface area contributed by atoms with Crippen molar-refractivity contribution >= 4 is 49.6 Å². The first-order valence-corrected chi connectivity index (χ1v) is 12.7. The van der Waals surface area contributed by atoms with Crippen molar-refractivity contribution in [2.75, 3.05) is 7.11 Å². The van der Waals surface area contributed by atoms with Gasteiger partial charge < -0.3 is 9.47 Å². The van der Waals surface area contributed by atoms with Crippen LogP contribution < -0.4 is 14.9 Å². The van der Waals surface area contributed by atoms with E-state index in [-0.39, 0.29) is 12.3 Å². The minimum Gasteiger partial charge on any atom is -0.493 e. The molecule has 6 heteroatoms. The molecule has 0 heterocycles. The highest BCUT2D eigenvalue weighted by Crippen LogP contribution is 2.37. The molecule has 184 valence electrons. The van der Waals surface area contributed by atoms with Gasteiger partial charge >= 0.3 is 0 Å². The van der Waals surface area contributed by atoms with Gasteiger partial charge in [-0.15, -0.1) is 0 Å². The van der Waals surface area contributed by atoms with Crippen LogP contribution in [0.2, 0.25) is 0 Å². The van der Waals surface area contributed by atoms with E-state index in [4.69, 9.17) is 9.47 Å². The molecule has 0 saturated heterocycles. The second-order valence-corrected chi connectivity index (χ2v) is 9.42. The zero-order valence-corrected chi connectivity index (χ0v) is 21.9. The molecule has 5 aromatic carbocycles. The predicted molar refractivity (Wildman–Crippen MR) is 152 cm³/mol. The van der Waals surface area contributed by atoms with Crippen molar-refractivity contribution in [3.05, 3.63) is 118 Å². The molecule has 0 bridgehead atoms. The minimum atomic E-state index is -0.186. The Morgan fingerprint density at radius 1 is 0.865 bits per heavy atom. The van der Waals surface area contributed by atoms with Crippen molar-refractivity contribution < 1.29 is 14.3 Å². The van der Waals surface area contributed by atoms with Gasteiger partial charge in [0.2, 0.25) is 5.91 Å². The highest BCUT2D eigenvalue weighted by atomic mass is 79.9. The lowest BCUT2D eigenvalue weighted by Crippen LogP contribution is -2.19. The fraction of sp³-hybridized carbons (Fsp3) is 0.0968. The highest BCUT2D eigenvalue weighted by molar-refractivity contribution is 9.10. The Balaban J connectivity index is 1.26. The first kappa shape index (κ1) is 24.5. The number of halogens is 1. The average Bonchev–Trinajstić information content (AvgIpc) is 2.92. The van der Waals surface area contributed by atoms with E-state index in [9.17, 15) is 4.79 Å². The molecule has 0 atom stereocenters. The molecule has 0 spiro atoms. The molecule has 0 saturated carbocycles. The van der Waals surface area contributed by atoms with E-state index >= 15 is 0 Å². The maximum atomic E-state index is 12.5. The molecule has 1 N–H and O–H groups in total. The first-order chi connectivity index (χ1) is 18.1. The van der Waals surface area contributed by atoms with E-state index in [0.29, 0.717) is 18.1 Å². The highest BCUT2D eigenvalue weighted by Gasteiger charge is 2.13. The van der Waals surface area contributed by atoms with Crippen LogP contribution in [-0.4, -0.2) is 19.2 Å². The molecule has 5 aromatic rings. The maximum Gasteiger partial charge on any atom is 0.244 e. The lowest BCUT2D eigenvalue weighted by atomic mass is 10.0. The number of hydrogen-bond donors (Lipinski definition) is 1. The normalized spacial score (nSPS) is 11.2. The summed E-state index contributed by atoms with van der Waals surface area (Å²) in [6, 6.07) is 32.1. The van der Waals surface area contributed by atoms with E-state index < -0.39 is 0 Å². The van der Waals surface area contributed by atoms with Crippen LogP contribution in [-0.2, 0) is 17.8 Å². The quantitative estimate of drug-likeness (QED) is 0.166.